The molecule has 2 rings (SSSR count). The van der Waals surface area contributed by atoms with Gasteiger partial charge in [-0.15, -0.1) is 0 Å². The van der Waals surface area contributed by atoms with Gasteiger partial charge in [0.05, 0.1) is 0 Å². The second-order valence-corrected chi connectivity index (χ2v) is 5.44. The highest BCUT2D eigenvalue weighted by Gasteiger charge is 2.13. The number of aromatic carboxylic acids is 1. The van der Waals surface area contributed by atoms with E-state index < -0.39 is 5.97 Å². The highest BCUT2D eigenvalue weighted by Crippen LogP contribution is 2.20. The van der Waals surface area contributed by atoms with Gasteiger partial charge in [0.25, 0.3) is 5.91 Å². The number of anilines is 1. The Balaban J connectivity index is 2.03. The van der Waals surface area contributed by atoms with E-state index in [0.29, 0.717) is 5.69 Å². The van der Waals surface area contributed by atoms with Crippen molar-refractivity contribution in [3.05, 3.63) is 58.7 Å². The number of carbonyl (C=O) groups excluding carboxylic acids is 1. The Morgan fingerprint density at radius 3 is 2.43 bits per heavy atom. The predicted molar refractivity (Wildman–Crippen MR) is 88.2 cm³/mol. The molecule has 0 bridgehead atoms. The monoisotopic (exact) mass is 313 g/mol. The normalized spacial score (nSPS) is 10.2. The third-order valence-electron chi connectivity index (χ3n) is 3.52. The van der Waals surface area contributed by atoms with E-state index in [1.807, 2.05) is 39.0 Å². The number of benzene rings is 2. The molecule has 0 spiro atoms. The van der Waals surface area contributed by atoms with Crippen molar-refractivity contribution in [2.24, 2.45) is 0 Å². The molecule has 0 aliphatic rings. The van der Waals surface area contributed by atoms with Gasteiger partial charge in [0.15, 0.2) is 6.61 Å². The van der Waals surface area contributed by atoms with E-state index in [1.54, 1.807) is 12.1 Å². The fourth-order valence-electron chi connectivity index (χ4n) is 2.09. The third-order valence-corrected chi connectivity index (χ3v) is 3.52. The smallest absolute Gasteiger partial charge is 0.339 e. The highest BCUT2D eigenvalue weighted by molar-refractivity contribution is 5.93. The summed E-state index contributed by atoms with van der Waals surface area (Å²) < 4.78 is 5.37. The van der Waals surface area contributed by atoms with Crippen LogP contribution in [0.15, 0.2) is 36.4 Å². The summed E-state index contributed by atoms with van der Waals surface area (Å²) in [6.07, 6.45) is 0. The van der Waals surface area contributed by atoms with Crippen LogP contribution in [0.4, 0.5) is 5.69 Å². The molecule has 0 saturated heterocycles. The third kappa shape index (κ3) is 4.32. The first-order valence-electron chi connectivity index (χ1n) is 7.20. The quantitative estimate of drug-likeness (QED) is 0.888. The van der Waals surface area contributed by atoms with E-state index in [1.165, 1.54) is 6.07 Å². The van der Waals surface area contributed by atoms with Gasteiger partial charge < -0.3 is 15.2 Å². The zero-order valence-corrected chi connectivity index (χ0v) is 13.3. The standard InChI is InChI=1S/C18H19NO4/c1-11-4-7-15(18(21)22)16(8-11)23-10-17(20)19-14-6-5-12(2)13(3)9-14/h4-9H,10H2,1-3H3,(H,19,20)(H,21,22). The van der Waals surface area contributed by atoms with Crippen LogP contribution in [0, 0.1) is 20.8 Å². The van der Waals surface area contributed by atoms with Crippen LogP contribution in [-0.4, -0.2) is 23.6 Å². The largest absolute Gasteiger partial charge is 0.483 e. The zero-order chi connectivity index (χ0) is 17.0. The van der Waals surface area contributed by atoms with Gasteiger partial charge in [-0.2, -0.15) is 0 Å². The minimum atomic E-state index is -1.09. The first-order chi connectivity index (χ1) is 10.9. The van der Waals surface area contributed by atoms with Crippen LogP contribution < -0.4 is 10.1 Å². The van der Waals surface area contributed by atoms with Gasteiger partial charge in [0, 0.05) is 5.69 Å². The molecule has 1 amide bonds. The lowest BCUT2D eigenvalue weighted by molar-refractivity contribution is -0.118. The number of carbonyl (C=O) groups is 2. The van der Waals surface area contributed by atoms with E-state index >= 15 is 0 Å². The van der Waals surface area contributed by atoms with Crippen LogP contribution in [0.2, 0.25) is 0 Å². The Labute approximate surface area is 134 Å². The van der Waals surface area contributed by atoms with E-state index in [2.05, 4.69) is 5.32 Å². The van der Waals surface area contributed by atoms with Crippen molar-refractivity contribution in [3.63, 3.8) is 0 Å². The number of carboxylic acids is 1. The SMILES string of the molecule is Cc1ccc(C(=O)O)c(OCC(=O)Nc2ccc(C)c(C)c2)c1. The molecule has 0 fully saturated rings. The number of aryl methyl sites for hydroxylation is 3. The molecule has 2 aromatic carbocycles. The lowest BCUT2D eigenvalue weighted by Crippen LogP contribution is -2.21. The van der Waals surface area contributed by atoms with Crippen molar-refractivity contribution >= 4 is 17.6 Å². The Morgan fingerprint density at radius 2 is 1.78 bits per heavy atom. The molecule has 0 aromatic heterocycles. The van der Waals surface area contributed by atoms with Crippen molar-refractivity contribution in [3.8, 4) is 5.75 Å². The number of rotatable bonds is 5. The summed E-state index contributed by atoms with van der Waals surface area (Å²) in [6, 6.07) is 10.4. The number of carboxylic acid groups (broad SMARTS) is 1. The summed E-state index contributed by atoms with van der Waals surface area (Å²) in [6.45, 7) is 5.53. The first kappa shape index (κ1) is 16.5. The molecule has 2 N–H and O–H groups in total. The molecule has 120 valence electrons. The molecule has 0 aliphatic carbocycles. The lowest BCUT2D eigenvalue weighted by atomic mass is 10.1. The fraction of sp³-hybridized carbons (Fsp3) is 0.222. The molecule has 5 heteroatoms. The van der Waals surface area contributed by atoms with Crippen LogP contribution in [0.25, 0.3) is 0 Å². The Morgan fingerprint density at radius 1 is 1.04 bits per heavy atom. The second-order valence-electron chi connectivity index (χ2n) is 5.44. The molecular formula is C18H19NO4. The molecule has 5 nitrogen and oxygen atoms in total. The summed E-state index contributed by atoms with van der Waals surface area (Å²) in [5.74, 6) is -1.24. The lowest BCUT2D eigenvalue weighted by Gasteiger charge is -2.11. The van der Waals surface area contributed by atoms with Gasteiger partial charge in [-0.05, 0) is 61.7 Å². The number of hydrogen-bond donors (Lipinski definition) is 2. The summed E-state index contributed by atoms with van der Waals surface area (Å²) >= 11 is 0. The minimum absolute atomic E-state index is 0.0366. The molecule has 2 aromatic rings. The molecular weight excluding hydrogens is 294 g/mol. The van der Waals surface area contributed by atoms with E-state index in [0.717, 1.165) is 16.7 Å². The second kappa shape index (κ2) is 6.96. The molecule has 0 heterocycles. The van der Waals surface area contributed by atoms with Crippen molar-refractivity contribution in [1.82, 2.24) is 0 Å². The average molecular weight is 313 g/mol. The van der Waals surface area contributed by atoms with Crippen molar-refractivity contribution in [2.45, 2.75) is 20.8 Å². The highest BCUT2D eigenvalue weighted by atomic mass is 16.5. The van der Waals surface area contributed by atoms with Gasteiger partial charge in [-0.1, -0.05) is 12.1 Å². The first-order valence-corrected chi connectivity index (χ1v) is 7.20. The maximum Gasteiger partial charge on any atom is 0.339 e. The predicted octanol–water partition coefficient (Wildman–Crippen LogP) is 3.33. The average Bonchev–Trinajstić information content (AvgIpc) is 2.48. The zero-order valence-electron chi connectivity index (χ0n) is 13.3. The molecule has 0 saturated carbocycles. The maximum absolute atomic E-state index is 12.0. The van der Waals surface area contributed by atoms with Crippen molar-refractivity contribution in [1.29, 1.82) is 0 Å². The fourth-order valence-corrected chi connectivity index (χ4v) is 2.09. The summed E-state index contributed by atoms with van der Waals surface area (Å²) in [5.41, 5.74) is 3.80. The Hall–Kier alpha value is -2.82. The van der Waals surface area contributed by atoms with Crippen LogP contribution in [0.1, 0.15) is 27.0 Å². The number of ether oxygens (including phenoxy) is 1. The van der Waals surface area contributed by atoms with Gasteiger partial charge in [0.1, 0.15) is 11.3 Å². The molecule has 0 atom stereocenters. The Bertz CT molecular complexity index is 753. The van der Waals surface area contributed by atoms with Crippen molar-refractivity contribution in [2.75, 3.05) is 11.9 Å². The van der Waals surface area contributed by atoms with E-state index in [-0.39, 0.29) is 23.8 Å². The summed E-state index contributed by atoms with van der Waals surface area (Å²) in [7, 11) is 0. The van der Waals surface area contributed by atoms with Gasteiger partial charge in [-0.25, -0.2) is 4.79 Å². The van der Waals surface area contributed by atoms with Gasteiger partial charge in [0.2, 0.25) is 0 Å². The molecule has 0 radical (unpaired) electrons. The molecule has 0 aliphatic heterocycles. The van der Waals surface area contributed by atoms with Crippen LogP contribution >= 0.6 is 0 Å². The topological polar surface area (TPSA) is 75.6 Å². The van der Waals surface area contributed by atoms with Crippen LogP contribution in [0.5, 0.6) is 5.75 Å². The van der Waals surface area contributed by atoms with Crippen LogP contribution in [0.3, 0.4) is 0 Å². The maximum atomic E-state index is 12.0. The summed E-state index contributed by atoms with van der Waals surface area (Å²) in [5, 5.41) is 11.9. The van der Waals surface area contributed by atoms with Crippen LogP contribution in [-0.2, 0) is 4.79 Å². The number of hydrogen-bond acceptors (Lipinski definition) is 3. The number of nitrogens with one attached hydrogen (secondary N) is 1. The molecule has 23 heavy (non-hydrogen) atoms. The minimum Gasteiger partial charge on any atom is -0.483 e. The van der Waals surface area contributed by atoms with Gasteiger partial charge in [-0.3, -0.25) is 4.79 Å². The van der Waals surface area contributed by atoms with E-state index in [9.17, 15) is 9.59 Å². The van der Waals surface area contributed by atoms with Crippen molar-refractivity contribution < 1.29 is 19.4 Å². The number of amides is 1. The van der Waals surface area contributed by atoms with Gasteiger partial charge >= 0.3 is 5.97 Å². The Kier molecular flexibility index (Phi) is 5.01. The summed E-state index contributed by atoms with van der Waals surface area (Å²) in [4.78, 5) is 23.1. The van der Waals surface area contributed by atoms with E-state index in [4.69, 9.17) is 9.84 Å². The molecule has 0 unspecified atom stereocenters.